The van der Waals surface area contributed by atoms with Crippen molar-refractivity contribution in [1.82, 2.24) is 5.32 Å². The van der Waals surface area contributed by atoms with E-state index in [1.54, 1.807) is 0 Å². The van der Waals surface area contributed by atoms with Gasteiger partial charge in [0, 0.05) is 0 Å². The fraction of sp³-hybridized carbons (Fsp3) is 0.429. The van der Waals surface area contributed by atoms with Gasteiger partial charge in [-0.1, -0.05) is 0 Å². The van der Waals surface area contributed by atoms with Gasteiger partial charge in [-0.2, -0.15) is 0 Å². The van der Waals surface area contributed by atoms with E-state index in [0.717, 1.165) is 5.75 Å². The summed E-state index contributed by atoms with van der Waals surface area (Å²) in [7, 11) is 1.88. The molecule has 0 spiro atoms. The van der Waals surface area contributed by atoms with Crippen LogP contribution in [-0.4, -0.2) is 28.6 Å². The average Bonchev–Trinajstić information content (AvgIpc) is 2.35. The zero-order chi connectivity index (χ0) is 13.5. The van der Waals surface area contributed by atoms with Gasteiger partial charge in [0.15, 0.2) is 0 Å². The second-order valence-corrected chi connectivity index (χ2v) is 7.19. The second-order valence-electron chi connectivity index (χ2n) is 3.93. The molecule has 98 valence electrons. The van der Waals surface area contributed by atoms with E-state index >= 15 is 0 Å². The molecule has 0 aromatic rings. The molecule has 0 aliphatic carbocycles. The fourth-order valence-electron chi connectivity index (χ4n) is 1.87. The quantitative estimate of drug-likeness (QED) is 0.742. The predicted octanol–water partition coefficient (Wildman–Crippen LogP) is 2.87. The van der Waals surface area contributed by atoms with Gasteiger partial charge in [-0.3, -0.25) is 0 Å². The first kappa shape index (κ1) is 15.8. The molecule has 1 heterocycles. The van der Waals surface area contributed by atoms with Crippen molar-refractivity contribution in [1.29, 1.82) is 0 Å². The number of thioether (sulfide) groups is 1. The van der Waals surface area contributed by atoms with Crippen LogP contribution in [0.4, 0.5) is 0 Å². The summed E-state index contributed by atoms with van der Waals surface area (Å²) in [5.41, 5.74) is 2.42. The van der Waals surface area contributed by atoms with Crippen molar-refractivity contribution < 1.29 is 19.4 Å². The molecule has 0 aromatic heterocycles. The molecule has 1 aliphatic heterocycles. The molecular weight excluding hydrogens is 412 g/mol. The van der Waals surface area contributed by atoms with Gasteiger partial charge in [0.25, 0.3) is 0 Å². The van der Waals surface area contributed by atoms with Crippen LogP contribution >= 0.6 is 11.8 Å². The second kappa shape index (κ2) is 8.03. The van der Waals surface area contributed by atoms with Crippen molar-refractivity contribution in [2.24, 2.45) is 4.99 Å². The van der Waals surface area contributed by atoms with Crippen LogP contribution in [0.25, 0.3) is 0 Å². The zero-order valence-corrected chi connectivity index (χ0v) is 15.1. The first-order valence-corrected chi connectivity index (χ1v) is 8.45. The molecule has 2 nitrogen and oxygen atoms in total. The Morgan fingerprint density at radius 3 is 2.72 bits per heavy atom. The first-order chi connectivity index (χ1) is 8.63. The van der Waals surface area contributed by atoms with Crippen LogP contribution in [0.3, 0.4) is 0 Å². The predicted molar refractivity (Wildman–Crippen MR) is 80.1 cm³/mol. The summed E-state index contributed by atoms with van der Waals surface area (Å²) >= 11 is 3.39. The topological polar surface area (TPSA) is 24.4 Å². The Morgan fingerprint density at radius 2 is 2.22 bits per heavy atom. The third kappa shape index (κ3) is 4.15. The van der Waals surface area contributed by atoms with Crippen LogP contribution in [0.5, 0.6) is 0 Å². The first-order valence-electron chi connectivity index (χ1n) is 6.00. The van der Waals surface area contributed by atoms with Crippen LogP contribution in [0, 0.1) is 0 Å². The van der Waals surface area contributed by atoms with Gasteiger partial charge < -0.3 is 0 Å². The molecule has 4 heteroatoms. The van der Waals surface area contributed by atoms with E-state index in [1.807, 2.05) is 25.7 Å². The summed E-state index contributed by atoms with van der Waals surface area (Å²) in [6.07, 6.45) is 8.48. The summed E-state index contributed by atoms with van der Waals surface area (Å²) < 4.78 is 1.32. The van der Waals surface area contributed by atoms with Crippen LogP contribution in [0.2, 0.25) is 0 Å². The van der Waals surface area contributed by atoms with Crippen molar-refractivity contribution in [3.8, 4) is 0 Å². The Bertz CT molecular complexity index is 433. The normalized spacial score (nSPS) is 27.6. The molecule has 1 saturated heterocycles. The summed E-state index contributed by atoms with van der Waals surface area (Å²) in [4.78, 5) is 5.83. The summed E-state index contributed by atoms with van der Waals surface area (Å²) in [5, 5.41) is 3.54. The molecule has 0 amide bonds. The number of hydrogen-bond acceptors (Lipinski definition) is 3. The molecule has 1 rings (SSSR count). The molecule has 1 aliphatic rings. The molecule has 0 radical (unpaired) electrons. The van der Waals surface area contributed by atoms with Gasteiger partial charge in [0.05, 0.1) is 0 Å². The van der Waals surface area contributed by atoms with Gasteiger partial charge in [-0.15, -0.1) is 0 Å². The van der Waals surface area contributed by atoms with Crippen molar-refractivity contribution >= 4 is 21.5 Å². The standard InChI is InChI=1S/C14H20N2S.W/c1-5-8-9-11-13(6-2)17-10-12(16-7-3)14(11)15-4;/h5-6,8-9,12,16H,10H2,1-4H3;/b8-5-,11-9+,13-6+,15-14?;. The molecule has 0 saturated carbocycles. The monoisotopic (exact) mass is 432 g/mol. The van der Waals surface area contributed by atoms with E-state index in [-0.39, 0.29) is 0 Å². The molecule has 1 fully saturated rings. The molecule has 1 N–H and O–H groups in total. The summed E-state index contributed by atoms with van der Waals surface area (Å²) in [6.45, 7) is 6.26. The zero-order valence-electron chi connectivity index (χ0n) is 11.4. The maximum absolute atomic E-state index is 4.51. The fourth-order valence-corrected chi connectivity index (χ4v) is 3.47. The van der Waals surface area contributed by atoms with E-state index in [9.17, 15) is 0 Å². The minimum atomic E-state index is 0.331. The Kier molecular flexibility index (Phi) is 7.06. The van der Waals surface area contributed by atoms with Crippen LogP contribution in [0.15, 0.2) is 39.8 Å². The van der Waals surface area contributed by atoms with Crippen molar-refractivity contribution in [2.45, 2.75) is 26.8 Å². The summed E-state index contributed by atoms with van der Waals surface area (Å²) in [6, 6.07) is 0.331. The van der Waals surface area contributed by atoms with Gasteiger partial charge in [-0.25, -0.2) is 0 Å². The van der Waals surface area contributed by atoms with E-state index in [2.05, 4.69) is 48.5 Å². The van der Waals surface area contributed by atoms with Gasteiger partial charge >= 0.3 is 126 Å². The minimum absolute atomic E-state index is 0.331. The Morgan fingerprint density at radius 1 is 1.50 bits per heavy atom. The Hall–Kier alpha value is -0.242. The molecule has 1 unspecified atom stereocenters. The molecular formula is C14H20N2SW. The van der Waals surface area contributed by atoms with Gasteiger partial charge in [-0.05, 0) is 0 Å². The number of hydrogen-bond donors (Lipinski definition) is 1. The Balaban J connectivity index is 3.10. The maximum atomic E-state index is 4.51. The van der Waals surface area contributed by atoms with Gasteiger partial charge in [0.2, 0.25) is 0 Å². The van der Waals surface area contributed by atoms with E-state index in [0.29, 0.717) is 6.04 Å². The third-order valence-corrected chi connectivity index (χ3v) is 4.30. The summed E-state index contributed by atoms with van der Waals surface area (Å²) in [5.74, 6) is 1.05. The third-order valence-electron chi connectivity index (χ3n) is 2.61. The van der Waals surface area contributed by atoms with Crippen LogP contribution in [0.1, 0.15) is 20.8 Å². The number of allylic oxidation sites excluding steroid dienone is 5. The molecule has 18 heavy (non-hydrogen) atoms. The van der Waals surface area contributed by atoms with Gasteiger partial charge in [0.1, 0.15) is 0 Å². The van der Waals surface area contributed by atoms with Crippen molar-refractivity contribution in [3.05, 3.63) is 34.8 Å². The number of nitrogens with one attached hydrogen (secondary N) is 1. The van der Waals surface area contributed by atoms with Crippen LogP contribution < -0.4 is 5.32 Å². The number of nitrogens with zero attached hydrogens (tertiary/aromatic N) is 1. The van der Waals surface area contributed by atoms with Crippen LogP contribution in [-0.2, 0) is 19.4 Å². The van der Waals surface area contributed by atoms with Crippen molar-refractivity contribution in [3.63, 3.8) is 0 Å². The van der Waals surface area contributed by atoms with E-state index in [1.165, 1.54) is 39.6 Å². The van der Waals surface area contributed by atoms with E-state index < -0.39 is 0 Å². The number of aliphatic imine (C=N–C) groups is 1. The molecule has 0 bridgehead atoms. The Labute approximate surface area is 125 Å². The van der Waals surface area contributed by atoms with E-state index in [4.69, 9.17) is 0 Å². The van der Waals surface area contributed by atoms with Crippen molar-refractivity contribution in [2.75, 3.05) is 12.8 Å². The molecule has 0 aromatic carbocycles. The SMILES string of the molecule is C\C=C/C=C1/C(=NC)C(N[C](C)=[W])CS/C1=C/C. The molecule has 1 atom stereocenters. The average molecular weight is 432 g/mol. The number of rotatable bonds is 3.